The molecule has 32 heavy (non-hydrogen) atoms. The van der Waals surface area contributed by atoms with E-state index in [1.165, 1.54) is 28.9 Å². The molecule has 0 unspecified atom stereocenters. The Kier molecular flexibility index (Phi) is 6.23. The number of anilines is 1. The molecule has 0 bridgehead atoms. The largest absolute Gasteiger partial charge is 0.471 e. The number of ether oxygens (including phenoxy) is 1. The van der Waals surface area contributed by atoms with Gasteiger partial charge in [0, 0.05) is 11.2 Å². The van der Waals surface area contributed by atoms with Crippen molar-refractivity contribution in [3.8, 4) is 5.75 Å². The maximum Gasteiger partial charge on any atom is 0.276 e. The zero-order chi connectivity index (χ0) is 22.7. The minimum absolute atomic E-state index is 0.0932. The van der Waals surface area contributed by atoms with E-state index in [0.717, 1.165) is 11.3 Å². The second kappa shape index (κ2) is 9.23. The van der Waals surface area contributed by atoms with E-state index in [1.54, 1.807) is 12.3 Å². The molecular weight excluding hydrogens is 433 g/mol. The van der Waals surface area contributed by atoms with Crippen molar-refractivity contribution in [1.29, 1.82) is 0 Å². The van der Waals surface area contributed by atoms with Crippen LogP contribution in [-0.4, -0.2) is 25.5 Å². The molecule has 0 radical (unpaired) electrons. The van der Waals surface area contributed by atoms with Crippen LogP contribution in [0.1, 0.15) is 27.4 Å². The average molecular weight is 454 g/mol. The molecule has 164 valence electrons. The lowest BCUT2D eigenvalue weighted by atomic mass is 10.2. The van der Waals surface area contributed by atoms with Gasteiger partial charge >= 0.3 is 0 Å². The van der Waals surface area contributed by atoms with Crippen LogP contribution in [0.25, 0.3) is 0 Å². The number of halogens is 2. The quantitative estimate of drug-likeness (QED) is 0.435. The number of nitrogens with zero attached hydrogens (tertiary/aromatic N) is 4. The predicted molar refractivity (Wildman–Crippen MR) is 119 cm³/mol. The van der Waals surface area contributed by atoms with Gasteiger partial charge in [0.05, 0.1) is 23.6 Å². The van der Waals surface area contributed by atoms with Crippen LogP contribution in [0, 0.1) is 19.7 Å². The molecule has 0 atom stereocenters. The SMILES string of the molecule is Cc1nn(Cc2ccc(Cl)cc2)c(C)c1NC(=O)c1ccn(COc2ccc(F)cc2)n1. The van der Waals surface area contributed by atoms with Gasteiger partial charge in [-0.05, 0) is 61.9 Å². The van der Waals surface area contributed by atoms with Crippen LogP contribution in [-0.2, 0) is 13.3 Å². The van der Waals surface area contributed by atoms with Crippen molar-refractivity contribution in [3.63, 3.8) is 0 Å². The lowest BCUT2D eigenvalue weighted by Crippen LogP contribution is -2.15. The highest BCUT2D eigenvalue weighted by Crippen LogP contribution is 2.22. The number of carbonyl (C=O) groups excluding carboxylic acids is 1. The smallest absolute Gasteiger partial charge is 0.276 e. The van der Waals surface area contributed by atoms with Gasteiger partial charge in [0.15, 0.2) is 12.4 Å². The highest BCUT2D eigenvalue weighted by atomic mass is 35.5. The number of carbonyl (C=O) groups is 1. The topological polar surface area (TPSA) is 74.0 Å². The van der Waals surface area contributed by atoms with Crippen molar-refractivity contribution < 1.29 is 13.9 Å². The molecule has 0 fully saturated rings. The Morgan fingerprint density at radius 2 is 1.78 bits per heavy atom. The first-order valence-corrected chi connectivity index (χ1v) is 10.3. The van der Waals surface area contributed by atoms with Crippen LogP contribution in [0.2, 0.25) is 5.02 Å². The molecule has 0 saturated heterocycles. The first-order chi connectivity index (χ1) is 15.4. The van der Waals surface area contributed by atoms with Crippen LogP contribution in [0.5, 0.6) is 5.75 Å². The van der Waals surface area contributed by atoms with Crippen LogP contribution in [0.3, 0.4) is 0 Å². The summed E-state index contributed by atoms with van der Waals surface area (Å²) in [6, 6.07) is 14.8. The number of aryl methyl sites for hydroxylation is 1. The molecule has 4 rings (SSSR count). The Labute approximate surface area is 189 Å². The molecule has 1 amide bonds. The number of amides is 1. The van der Waals surface area contributed by atoms with E-state index in [4.69, 9.17) is 16.3 Å². The number of aromatic nitrogens is 4. The molecule has 0 saturated carbocycles. The Balaban J connectivity index is 1.41. The molecule has 2 aromatic heterocycles. The van der Waals surface area contributed by atoms with Crippen LogP contribution < -0.4 is 10.1 Å². The van der Waals surface area contributed by atoms with Gasteiger partial charge in [-0.25, -0.2) is 9.07 Å². The monoisotopic (exact) mass is 453 g/mol. The van der Waals surface area contributed by atoms with Crippen molar-refractivity contribution in [3.05, 3.63) is 94.3 Å². The molecule has 2 aromatic carbocycles. The highest BCUT2D eigenvalue weighted by molar-refractivity contribution is 6.30. The van der Waals surface area contributed by atoms with Gasteiger partial charge in [-0.3, -0.25) is 9.48 Å². The predicted octanol–water partition coefficient (Wildman–Crippen LogP) is 4.83. The molecule has 2 heterocycles. The summed E-state index contributed by atoms with van der Waals surface area (Å²) in [6.07, 6.45) is 1.64. The summed E-state index contributed by atoms with van der Waals surface area (Å²) in [5.41, 5.74) is 3.50. The van der Waals surface area contributed by atoms with E-state index in [1.807, 2.05) is 42.8 Å². The first kappa shape index (κ1) is 21.6. The number of hydrogen-bond donors (Lipinski definition) is 1. The molecule has 0 aliphatic carbocycles. The minimum atomic E-state index is -0.345. The average Bonchev–Trinajstić information content (AvgIpc) is 3.35. The fraction of sp³-hybridized carbons (Fsp3) is 0.174. The normalized spacial score (nSPS) is 10.9. The summed E-state index contributed by atoms with van der Waals surface area (Å²) in [4.78, 5) is 12.7. The third-order valence-corrected chi connectivity index (χ3v) is 5.17. The number of rotatable bonds is 7. The van der Waals surface area contributed by atoms with E-state index >= 15 is 0 Å². The molecule has 0 spiro atoms. The Hall–Kier alpha value is -3.65. The lowest BCUT2D eigenvalue weighted by Gasteiger charge is -2.07. The molecule has 0 aliphatic heterocycles. The van der Waals surface area contributed by atoms with Crippen LogP contribution in [0.4, 0.5) is 10.1 Å². The second-order valence-corrected chi connectivity index (χ2v) is 7.69. The van der Waals surface area contributed by atoms with Crippen molar-refractivity contribution in [1.82, 2.24) is 19.6 Å². The van der Waals surface area contributed by atoms with Crippen molar-refractivity contribution >= 4 is 23.2 Å². The van der Waals surface area contributed by atoms with Gasteiger partial charge in [0.25, 0.3) is 5.91 Å². The van der Waals surface area contributed by atoms with E-state index in [9.17, 15) is 9.18 Å². The maximum atomic E-state index is 13.0. The maximum absolute atomic E-state index is 13.0. The Morgan fingerprint density at radius 3 is 2.50 bits per heavy atom. The summed E-state index contributed by atoms with van der Waals surface area (Å²) >= 11 is 5.95. The van der Waals surface area contributed by atoms with E-state index < -0.39 is 0 Å². The molecule has 7 nitrogen and oxygen atoms in total. The highest BCUT2D eigenvalue weighted by Gasteiger charge is 2.17. The fourth-order valence-corrected chi connectivity index (χ4v) is 3.32. The summed E-state index contributed by atoms with van der Waals surface area (Å²) < 4.78 is 21.8. The van der Waals surface area contributed by atoms with Crippen molar-refractivity contribution in [2.75, 3.05) is 5.32 Å². The summed E-state index contributed by atoms with van der Waals surface area (Å²) in [6.45, 7) is 4.40. The molecular formula is C23H21ClFN5O2. The number of benzene rings is 2. The van der Waals surface area contributed by atoms with Gasteiger partial charge in [-0.1, -0.05) is 23.7 Å². The van der Waals surface area contributed by atoms with E-state index in [0.29, 0.717) is 28.7 Å². The third-order valence-electron chi connectivity index (χ3n) is 4.92. The molecule has 1 N–H and O–H groups in total. The number of hydrogen-bond acceptors (Lipinski definition) is 4. The van der Waals surface area contributed by atoms with Crippen molar-refractivity contribution in [2.45, 2.75) is 27.1 Å². The van der Waals surface area contributed by atoms with Gasteiger partial charge in [0.1, 0.15) is 11.6 Å². The molecule has 9 heteroatoms. The van der Waals surface area contributed by atoms with Gasteiger partial charge in [-0.15, -0.1) is 0 Å². The molecule has 0 aliphatic rings. The number of nitrogens with one attached hydrogen (secondary N) is 1. The van der Waals surface area contributed by atoms with Gasteiger partial charge in [0.2, 0.25) is 0 Å². The first-order valence-electron chi connectivity index (χ1n) is 9.90. The minimum Gasteiger partial charge on any atom is -0.471 e. The van der Waals surface area contributed by atoms with E-state index in [2.05, 4.69) is 15.5 Å². The standard InChI is InChI=1S/C23H21ClFN5O2/c1-15-22(16(2)30(27-15)13-17-3-5-18(24)6-4-17)26-23(31)21-11-12-29(28-21)14-32-20-9-7-19(25)8-10-20/h3-12H,13-14H2,1-2H3,(H,26,31). The fourth-order valence-electron chi connectivity index (χ4n) is 3.20. The van der Waals surface area contributed by atoms with Crippen LogP contribution >= 0.6 is 11.6 Å². The summed E-state index contributed by atoms with van der Waals surface area (Å²) in [5, 5.41) is 12.4. The Bertz CT molecular complexity index is 1230. The van der Waals surface area contributed by atoms with E-state index in [-0.39, 0.29) is 24.1 Å². The lowest BCUT2D eigenvalue weighted by molar-refractivity contribution is 0.102. The third kappa shape index (κ3) is 4.97. The zero-order valence-corrected chi connectivity index (χ0v) is 18.3. The summed E-state index contributed by atoms with van der Waals surface area (Å²) in [5.74, 6) is -0.174. The zero-order valence-electron chi connectivity index (χ0n) is 17.5. The summed E-state index contributed by atoms with van der Waals surface area (Å²) in [7, 11) is 0. The second-order valence-electron chi connectivity index (χ2n) is 7.25. The molecule has 4 aromatic rings. The van der Waals surface area contributed by atoms with Gasteiger partial charge in [-0.2, -0.15) is 10.2 Å². The Morgan fingerprint density at radius 1 is 1.06 bits per heavy atom. The van der Waals surface area contributed by atoms with Gasteiger partial charge < -0.3 is 10.1 Å². The van der Waals surface area contributed by atoms with Crippen molar-refractivity contribution in [2.24, 2.45) is 0 Å². The van der Waals surface area contributed by atoms with Crippen LogP contribution in [0.15, 0.2) is 60.8 Å².